The van der Waals surface area contributed by atoms with Gasteiger partial charge in [0, 0.05) is 49.2 Å². The fourth-order valence-corrected chi connectivity index (χ4v) is 8.45. The number of hydrogen-bond acceptors (Lipinski definition) is 13. The Labute approximate surface area is 440 Å². The van der Waals surface area contributed by atoms with Crippen LogP contribution in [-0.2, 0) is 49.0 Å². The predicted octanol–water partition coefficient (Wildman–Crippen LogP) is 11.0. The number of hydrogen-bond donors (Lipinski definition) is 1. The van der Waals surface area contributed by atoms with E-state index in [-0.39, 0.29) is 78.8 Å². The van der Waals surface area contributed by atoms with Gasteiger partial charge in [-0.1, -0.05) is 0 Å². The Balaban J connectivity index is 0.000000288. The lowest BCUT2D eigenvalue weighted by Gasteiger charge is -2.30. The molecule has 4 aromatic heterocycles. The number of aryl methyl sites for hydroxylation is 2. The monoisotopic (exact) mass is 1110 g/mol. The van der Waals surface area contributed by atoms with E-state index in [1.54, 1.807) is 41.5 Å². The second kappa shape index (κ2) is 24.2. The number of aromatic carboxylic acids is 1. The van der Waals surface area contributed by atoms with Gasteiger partial charge in [-0.15, -0.1) is 0 Å². The molecule has 16 nitrogen and oxygen atoms in total. The summed E-state index contributed by atoms with van der Waals surface area (Å²) in [6, 6.07) is 0.0118. The molecule has 0 aliphatic carbocycles. The molecule has 0 spiro atoms. The van der Waals surface area contributed by atoms with Crippen LogP contribution >= 0.6 is 0 Å². The van der Waals surface area contributed by atoms with Crippen molar-refractivity contribution in [3.63, 3.8) is 0 Å². The fraction of sp³-hybridized carbons (Fsp3) is 0.500. The first-order valence-corrected chi connectivity index (χ1v) is 24.2. The smallest absolute Gasteiger partial charge is 0.434 e. The molecule has 1 N–H and O–H groups in total. The Morgan fingerprint density at radius 1 is 0.603 bits per heavy atom. The molecule has 26 heteroatoms. The zero-order valence-electron chi connectivity index (χ0n) is 43.6. The third-order valence-corrected chi connectivity index (χ3v) is 12.2. The molecule has 2 aliphatic heterocycles. The zero-order valence-corrected chi connectivity index (χ0v) is 43.6. The SMILES string of the molecule is CCOC(=O)c1cc(-c2cc(CCC(=O)[C@@H]3C[C@@H](F)[C@H](C)N3C(=O)OC(C)(C)C)c(F)cn2)cnc1C(F)(F)F.C[C@H]1[C@H](F)C[C@@H](C(=O)CCc2cc(-c3cnc(C(F)(F)F)c(C(=O)O)c3)ncc2F)N1C(=O)OC(C)(C)C. The first-order valence-electron chi connectivity index (χ1n) is 24.2. The van der Waals surface area contributed by atoms with Crippen LogP contribution < -0.4 is 0 Å². The molecule has 2 amide bonds. The van der Waals surface area contributed by atoms with Crippen molar-refractivity contribution in [3.05, 3.63) is 94.3 Å². The molecule has 0 radical (unpaired) electrons. The number of amides is 2. The number of carbonyl (C=O) groups excluding carboxylic acids is 5. The van der Waals surface area contributed by atoms with Crippen molar-refractivity contribution in [1.29, 1.82) is 0 Å². The molecule has 0 aromatic carbocycles. The van der Waals surface area contributed by atoms with Gasteiger partial charge in [0.2, 0.25) is 0 Å². The number of carboxylic acids is 1. The Hall–Kier alpha value is -7.28. The summed E-state index contributed by atoms with van der Waals surface area (Å²) < 4.78 is 153. The molecule has 0 unspecified atom stereocenters. The van der Waals surface area contributed by atoms with E-state index in [0.29, 0.717) is 0 Å². The van der Waals surface area contributed by atoms with Crippen LogP contribution in [0.1, 0.15) is 131 Å². The van der Waals surface area contributed by atoms with Crippen molar-refractivity contribution in [2.24, 2.45) is 0 Å². The molecule has 6 atom stereocenters. The number of pyridine rings is 4. The van der Waals surface area contributed by atoms with E-state index in [1.807, 2.05) is 0 Å². The molecular formula is C52H56F10N6O10. The number of Topliss-reactive ketones (excluding diaryl/α,β-unsaturated/α-hetero) is 2. The highest BCUT2D eigenvalue weighted by atomic mass is 19.4. The van der Waals surface area contributed by atoms with Crippen molar-refractivity contribution >= 4 is 35.7 Å². The average molecular weight is 1120 g/mol. The lowest BCUT2D eigenvalue weighted by Crippen LogP contribution is -2.47. The maximum absolute atomic E-state index is 14.6. The first kappa shape index (κ1) is 61.6. The largest absolute Gasteiger partial charge is 0.478 e. The van der Waals surface area contributed by atoms with Crippen LogP contribution in [0.15, 0.2) is 49.1 Å². The highest BCUT2D eigenvalue weighted by Gasteiger charge is 2.48. The number of ketones is 2. The Bertz CT molecular complexity index is 2910. The minimum Gasteiger partial charge on any atom is -0.478 e. The Morgan fingerprint density at radius 2 is 0.974 bits per heavy atom. The molecule has 2 aliphatic rings. The maximum Gasteiger partial charge on any atom is 0.434 e. The molecule has 2 fully saturated rings. The number of nitrogens with zero attached hydrogens (tertiary/aromatic N) is 6. The summed E-state index contributed by atoms with van der Waals surface area (Å²) in [6.45, 7) is 14.0. The number of ether oxygens (including phenoxy) is 3. The third kappa shape index (κ3) is 15.3. The molecule has 6 rings (SSSR count). The number of rotatable bonds is 13. The molecule has 0 saturated carbocycles. The summed E-state index contributed by atoms with van der Waals surface area (Å²) in [4.78, 5) is 91.2. The van der Waals surface area contributed by atoms with Crippen LogP contribution in [0, 0.1) is 11.6 Å². The minimum absolute atomic E-state index is 0.00240. The highest BCUT2D eigenvalue weighted by Crippen LogP contribution is 2.36. The van der Waals surface area contributed by atoms with Gasteiger partial charge in [0.25, 0.3) is 0 Å². The van der Waals surface area contributed by atoms with E-state index in [1.165, 1.54) is 32.9 Å². The van der Waals surface area contributed by atoms with E-state index in [9.17, 15) is 77.8 Å². The van der Waals surface area contributed by atoms with Crippen molar-refractivity contribution in [1.82, 2.24) is 29.7 Å². The Morgan fingerprint density at radius 3 is 1.32 bits per heavy atom. The van der Waals surface area contributed by atoms with Crippen molar-refractivity contribution in [2.75, 3.05) is 6.61 Å². The quantitative estimate of drug-likeness (QED) is 0.0751. The van der Waals surface area contributed by atoms with E-state index in [4.69, 9.17) is 14.2 Å². The summed E-state index contributed by atoms with van der Waals surface area (Å²) in [5.41, 5.74) is -6.90. The molecule has 2 saturated heterocycles. The summed E-state index contributed by atoms with van der Waals surface area (Å²) in [6.07, 6.45) is -12.6. The van der Waals surface area contributed by atoms with Crippen molar-refractivity contribution < 1.29 is 92.0 Å². The normalized spacial score (nSPS) is 19.7. The maximum atomic E-state index is 14.6. The van der Waals surface area contributed by atoms with Crippen LogP contribution in [0.3, 0.4) is 0 Å². The van der Waals surface area contributed by atoms with Gasteiger partial charge >= 0.3 is 36.5 Å². The van der Waals surface area contributed by atoms with Gasteiger partial charge in [-0.25, -0.2) is 36.7 Å². The van der Waals surface area contributed by atoms with E-state index < -0.39 is 130 Å². The topological polar surface area (TPSA) is 208 Å². The summed E-state index contributed by atoms with van der Waals surface area (Å²) in [5.74, 6) is -5.71. The lowest BCUT2D eigenvalue weighted by molar-refractivity contribution is -0.142. The van der Waals surface area contributed by atoms with Crippen LogP contribution in [0.5, 0.6) is 0 Å². The second-order valence-electron chi connectivity index (χ2n) is 20.3. The minimum atomic E-state index is -5.00. The lowest BCUT2D eigenvalue weighted by atomic mass is 10.00. The van der Waals surface area contributed by atoms with Crippen LogP contribution in [0.4, 0.5) is 53.5 Å². The molecular weight excluding hydrogens is 1060 g/mol. The number of halogens is 10. The van der Waals surface area contributed by atoms with Gasteiger partial charge in [-0.3, -0.25) is 39.3 Å². The number of aromatic nitrogens is 4. The zero-order chi connectivity index (χ0) is 58.6. The van der Waals surface area contributed by atoms with Crippen LogP contribution in [0.25, 0.3) is 22.5 Å². The van der Waals surface area contributed by atoms with E-state index in [0.717, 1.165) is 46.7 Å². The molecule has 424 valence electrons. The van der Waals surface area contributed by atoms with Crippen LogP contribution in [0.2, 0.25) is 0 Å². The number of alkyl halides is 8. The first-order chi connectivity index (χ1) is 36.0. The van der Waals surface area contributed by atoms with Gasteiger partial charge in [0.05, 0.1) is 65.7 Å². The average Bonchev–Trinajstić information content (AvgIpc) is 3.83. The standard InChI is InChI=1S/C27H30F5N3O5.C25H26F5N3O5/c1-6-39-24(37)17-9-16(12-34-23(17)27(30,31)32)20-10-15(19(29)13-33-20)7-8-22(36)21-11-18(28)14(2)35(21)25(38)40-26(3,4)5;1-12-16(26)9-19(33(12)23(37)38-24(2,3)4)20(34)6-5-13-8-18(31-11-17(13)27)14-7-15(22(35)36)21(32-10-14)25(28,29)30/h9-10,12-14,18,21H,6-8,11H2,1-5H3;7-8,10-12,16,19H,5-6,9H2,1-4H3,(H,35,36)/t14-,18+,21-;12-,16+,19-/m00/s1. The van der Waals surface area contributed by atoms with E-state index in [2.05, 4.69) is 19.9 Å². The molecule has 0 bridgehead atoms. The van der Waals surface area contributed by atoms with Gasteiger partial charge < -0.3 is 19.3 Å². The number of carboxylic acid groups (broad SMARTS) is 1. The fourth-order valence-electron chi connectivity index (χ4n) is 8.45. The van der Waals surface area contributed by atoms with Gasteiger partial charge in [0.15, 0.2) is 23.0 Å². The molecule has 78 heavy (non-hydrogen) atoms. The number of likely N-dealkylation sites (tertiary alicyclic amines) is 2. The summed E-state index contributed by atoms with van der Waals surface area (Å²) in [7, 11) is 0. The molecule has 6 heterocycles. The van der Waals surface area contributed by atoms with E-state index >= 15 is 0 Å². The van der Waals surface area contributed by atoms with Crippen molar-refractivity contribution in [3.8, 4) is 22.5 Å². The summed E-state index contributed by atoms with van der Waals surface area (Å²) in [5, 5.41) is 9.19. The van der Waals surface area contributed by atoms with Gasteiger partial charge in [-0.2, -0.15) is 26.3 Å². The van der Waals surface area contributed by atoms with Crippen LogP contribution in [-0.4, -0.2) is 125 Å². The third-order valence-electron chi connectivity index (χ3n) is 12.2. The number of esters is 1. The Kier molecular flexibility index (Phi) is 19.1. The number of carbonyl (C=O) groups is 6. The van der Waals surface area contributed by atoms with Gasteiger partial charge in [-0.05, 0) is 111 Å². The second-order valence-corrected chi connectivity index (χ2v) is 20.3. The predicted molar refractivity (Wildman–Crippen MR) is 256 cm³/mol. The highest BCUT2D eigenvalue weighted by molar-refractivity contribution is 5.93. The van der Waals surface area contributed by atoms with Crippen molar-refractivity contribution in [2.45, 2.75) is 161 Å². The summed E-state index contributed by atoms with van der Waals surface area (Å²) >= 11 is 0. The van der Waals surface area contributed by atoms with Gasteiger partial charge in [0.1, 0.15) is 35.2 Å². The molecule has 4 aromatic rings.